The topological polar surface area (TPSA) is 69.9 Å². The Balaban J connectivity index is 1.76. The van der Waals surface area contributed by atoms with Crippen molar-refractivity contribution < 1.29 is 9.72 Å². The number of amides is 1. The van der Waals surface area contributed by atoms with Crippen LogP contribution in [0.3, 0.4) is 0 Å². The molecule has 1 fully saturated rings. The Morgan fingerprint density at radius 2 is 1.69 bits per heavy atom. The van der Waals surface area contributed by atoms with Crippen LogP contribution < -0.4 is 9.80 Å². The quantitative estimate of drug-likeness (QED) is 0.551. The number of nitro benzene ring substituents is 1. The summed E-state index contributed by atoms with van der Waals surface area (Å²) < 4.78 is 0. The van der Waals surface area contributed by atoms with Gasteiger partial charge in [-0.25, -0.2) is 0 Å². The van der Waals surface area contributed by atoms with Gasteiger partial charge in [-0.15, -0.1) is 0 Å². The van der Waals surface area contributed by atoms with Crippen LogP contribution in [-0.2, 0) is 0 Å². The molecule has 2 aromatic rings. The normalized spacial score (nSPS) is 14.8. The van der Waals surface area contributed by atoms with E-state index in [0.29, 0.717) is 11.5 Å². The minimum atomic E-state index is -0.466. The summed E-state index contributed by atoms with van der Waals surface area (Å²) >= 11 is 0. The van der Waals surface area contributed by atoms with E-state index in [4.69, 9.17) is 0 Å². The van der Waals surface area contributed by atoms with E-state index < -0.39 is 4.92 Å². The molecule has 2 aromatic carbocycles. The van der Waals surface area contributed by atoms with Crippen LogP contribution in [0.25, 0.3) is 0 Å². The summed E-state index contributed by atoms with van der Waals surface area (Å²) in [4.78, 5) is 29.8. The van der Waals surface area contributed by atoms with E-state index in [-0.39, 0.29) is 11.6 Å². The predicted octanol–water partition coefficient (Wildman–Crippen LogP) is 3.65. The molecule has 1 amide bonds. The first-order valence-corrected chi connectivity index (χ1v) is 9.95. The van der Waals surface area contributed by atoms with E-state index in [1.807, 2.05) is 24.3 Å². The van der Waals surface area contributed by atoms with Crippen molar-refractivity contribution in [1.29, 1.82) is 0 Å². The Morgan fingerprint density at radius 3 is 2.28 bits per heavy atom. The van der Waals surface area contributed by atoms with Gasteiger partial charge in [-0.1, -0.05) is 26.0 Å². The van der Waals surface area contributed by atoms with Crippen LogP contribution in [0.4, 0.5) is 17.1 Å². The zero-order valence-electron chi connectivity index (χ0n) is 17.2. The zero-order chi connectivity index (χ0) is 21.0. The number of carbonyl (C=O) groups excluding carboxylic acids is 1. The number of non-ortho nitro benzene ring substituents is 1. The van der Waals surface area contributed by atoms with E-state index >= 15 is 0 Å². The fourth-order valence-corrected chi connectivity index (χ4v) is 3.73. The average Bonchev–Trinajstić information content (AvgIpc) is 2.73. The smallest absolute Gasteiger partial charge is 0.269 e. The number of para-hydroxylation sites is 2. The molecule has 7 heteroatoms. The molecule has 0 atom stereocenters. The Labute approximate surface area is 171 Å². The van der Waals surface area contributed by atoms with E-state index in [9.17, 15) is 14.9 Å². The highest BCUT2D eigenvalue weighted by Crippen LogP contribution is 2.30. The maximum absolute atomic E-state index is 13.0. The highest BCUT2D eigenvalue weighted by atomic mass is 16.6. The van der Waals surface area contributed by atoms with Crippen molar-refractivity contribution in [3.63, 3.8) is 0 Å². The number of nitro groups is 1. The van der Waals surface area contributed by atoms with E-state index in [1.54, 1.807) is 11.9 Å². The molecule has 0 saturated carbocycles. The summed E-state index contributed by atoms with van der Waals surface area (Å²) in [6.45, 7) is 9.43. The lowest BCUT2D eigenvalue weighted by molar-refractivity contribution is -0.384. The number of hydrogen-bond acceptors (Lipinski definition) is 5. The largest absolute Gasteiger partial charge is 0.367 e. The van der Waals surface area contributed by atoms with Gasteiger partial charge in [0.15, 0.2) is 0 Å². The van der Waals surface area contributed by atoms with E-state index in [2.05, 4.69) is 23.6 Å². The summed E-state index contributed by atoms with van der Waals surface area (Å²) in [5.41, 5.74) is 2.28. The monoisotopic (exact) mass is 396 g/mol. The predicted molar refractivity (Wildman–Crippen MR) is 116 cm³/mol. The second-order valence-corrected chi connectivity index (χ2v) is 7.84. The lowest BCUT2D eigenvalue weighted by Crippen LogP contribution is -2.47. The number of nitrogens with zero attached hydrogens (tertiary/aromatic N) is 4. The van der Waals surface area contributed by atoms with Gasteiger partial charge >= 0.3 is 0 Å². The van der Waals surface area contributed by atoms with Crippen LogP contribution in [0.2, 0.25) is 0 Å². The average molecular weight is 396 g/mol. The molecule has 29 heavy (non-hydrogen) atoms. The molecule has 3 rings (SSSR count). The number of hydrogen-bond donors (Lipinski definition) is 0. The standard InChI is InChI=1S/C22H28N4O3/c1-17(2)16-24-12-14-25(15-13-24)21-7-5-4-6-20(21)23(3)22(27)18-8-10-19(11-9-18)26(28)29/h4-11,17H,12-16H2,1-3H3. The highest BCUT2D eigenvalue weighted by Gasteiger charge is 2.23. The van der Waals surface area contributed by atoms with Gasteiger partial charge in [0.25, 0.3) is 11.6 Å². The Morgan fingerprint density at radius 1 is 1.07 bits per heavy atom. The second-order valence-electron chi connectivity index (χ2n) is 7.84. The Kier molecular flexibility index (Phi) is 6.49. The summed E-state index contributed by atoms with van der Waals surface area (Å²) in [7, 11) is 1.75. The van der Waals surface area contributed by atoms with Gasteiger partial charge in [-0.05, 0) is 30.2 Å². The van der Waals surface area contributed by atoms with Gasteiger partial charge in [0.1, 0.15) is 0 Å². The molecule has 1 aliphatic heterocycles. The minimum Gasteiger partial charge on any atom is -0.367 e. The zero-order valence-corrected chi connectivity index (χ0v) is 17.2. The van der Waals surface area contributed by atoms with Crippen molar-refractivity contribution in [3.05, 3.63) is 64.2 Å². The third-order valence-corrected chi connectivity index (χ3v) is 5.21. The molecule has 0 bridgehead atoms. The van der Waals surface area contributed by atoms with Crippen molar-refractivity contribution in [2.24, 2.45) is 5.92 Å². The third kappa shape index (κ3) is 4.92. The van der Waals surface area contributed by atoms with Crippen molar-refractivity contribution in [2.45, 2.75) is 13.8 Å². The molecule has 1 saturated heterocycles. The van der Waals surface area contributed by atoms with Crippen LogP contribution in [0.1, 0.15) is 24.2 Å². The molecule has 154 valence electrons. The van der Waals surface area contributed by atoms with Gasteiger partial charge < -0.3 is 9.80 Å². The van der Waals surface area contributed by atoms with Crippen LogP contribution in [0.15, 0.2) is 48.5 Å². The lowest BCUT2D eigenvalue weighted by Gasteiger charge is -2.38. The maximum atomic E-state index is 13.0. The van der Waals surface area contributed by atoms with Crippen molar-refractivity contribution in [2.75, 3.05) is 49.6 Å². The highest BCUT2D eigenvalue weighted by molar-refractivity contribution is 6.07. The first-order chi connectivity index (χ1) is 13.9. The maximum Gasteiger partial charge on any atom is 0.269 e. The van der Waals surface area contributed by atoms with Crippen molar-refractivity contribution in [1.82, 2.24) is 4.90 Å². The van der Waals surface area contributed by atoms with Gasteiger partial charge in [0, 0.05) is 57.5 Å². The molecule has 7 nitrogen and oxygen atoms in total. The van der Waals surface area contributed by atoms with Gasteiger partial charge in [-0.3, -0.25) is 19.8 Å². The number of benzene rings is 2. The Bertz CT molecular complexity index is 859. The Hall–Kier alpha value is -2.93. The van der Waals surface area contributed by atoms with E-state index in [1.165, 1.54) is 24.3 Å². The SMILES string of the molecule is CC(C)CN1CCN(c2ccccc2N(C)C(=O)c2ccc([N+](=O)[O-])cc2)CC1. The fraction of sp³-hybridized carbons (Fsp3) is 0.409. The van der Waals surface area contributed by atoms with Gasteiger partial charge in [0.05, 0.1) is 16.3 Å². The molecule has 0 spiro atoms. The number of rotatable bonds is 6. The summed E-state index contributed by atoms with van der Waals surface area (Å²) in [5.74, 6) is 0.463. The molecule has 0 unspecified atom stereocenters. The summed E-state index contributed by atoms with van der Waals surface area (Å²) in [6.07, 6.45) is 0. The number of piperazine rings is 1. The third-order valence-electron chi connectivity index (χ3n) is 5.21. The molecule has 0 radical (unpaired) electrons. The number of anilines is 2. The fourth-order valence-electron chi connectivity index (χ4n) is 3.73. The molecule has 0 aliphatic carbocycles. The molecular weight excluding hydrogens is 368 g/mol. The van der Waals surface area contributed by atoms with Crippen molar-refractivity contribution >= 4 is 23.0 Å². The van der Waals surface area contributed by atoms with Gasteiger partial charge in [-0.2, -0.15) is 0 Å². The first-order valence-electron chi connectivity index (χ1n) is 9.95. The molecule has 1 aliphatic rings. The summed E-state index contributed by atoms with van der Waals surface area (Å²) in [6, 6.07) is 13.6. The second kappa shape index (κ2) is 9.05. The van der Waals surface area contributed by atoms with Gasteiger partial charge in [0.2, 0.25) is 0 Å². The summed E-state index contributed by atoms with van der Waals surface area (Å²) in [5, 5.41) is 10.8. The number of carbonyl (C=O) groups is 1. The van der Waals surface area contributed by atoms with Crippen LogP contribution in [0, 0.1) is 16.0 Å². The first kappa shape index (κ1) is 20.8. The van der Waals surface area contributed by atoms with Crippen molar-refractivity contribution in [3.8, 4) is 0 Å². The molecule has 0 N–H and O–H groups in total. The molecule has 1 heterocycles. The molecular formula is C22H28N4O3. The van der Waals surface area contributed by atoms with Crippen LogP contribution in [0.5, 0.6) is 0 Å². The minimum absolute atomic E-state index is 0.0242. The van der Waals surface area contributed by atoms with Crippen LogP contribution in [-0.4, -0.2) is 55.5 Å². The lowest BCUT2D eigenvalue weighted by atomic mass is 10.1. The molecule has 0 aromatic heterocycles. The van der Waals surface area contributed by atoms with E-state index in [0.717, 1.165) is 44.1 Å². The van der Waals surface area contributed by atoms with Crippen LogP contribution >= 0.6 is 0 Å².